The topological polar surface area (TPSA) is 58.4 Å². The van der Waals surface area contributed by atoms with Crippen LogP contribution in [0.5, 0.6) is 0 Å². The molecule has 1 aliphatic heterocycles. The van der Waals surface area contributed by atoms with Gasteiger partial charge in [0.05, 0.1) is 24.8 Å². The molecule has 0 radical (unpaired) electrons. The van der Waals surface area contributed by atoms with Crippen LogP contribution < -0.4 is 10.6 Å². The summed E-state index contributed by atoms with van der Waals surface area (Å²) in [5, 5.41) is 5.18. The van der Waals surface area contributed by atoms with E-state index < -0.39 is 30.8 Å². The van der Waals surface area contributed by atoms with Crippen LogP contribution in [-0.4, -0.2) is 33.8 Å². The van der Waals surface area contributed by atoms with Crippen LogP contribution in [0.3, 0.4) is 0 Å². The molecule has 9 heteroatoms. The van der Waals surface area contributed by atoms with Gasteiger partial charge in [0.25, 0.3) is 5.92 Å². The lowest BCUT2D eigenvalue weighted by molar-refractivity contribution is -0.123. The number of aryl methyl sites for hydroxylation is 1. The zero-order valence-corrected chi connectivity index (χ0v) is 14.0. The number of carbonyl (C=O) groups is 1. The summed E-state index contributed by atoms with van der Waals surface area (Å²) in [6.45, 7) is 1.73. The molecule has 0 bridgehead atoms. The van der Waals surface area contributed by atoms with E-state index in [0.29, 0.717) is 5.69 Å². The van der Waals surface area contributed by atoms with Crippen LogP contribution in [0.4, 0.5) is 8.78 Å². The second-order valence-corrected chi connectivity index (χ2v) is 5.37. The first-order valence-electron chi connectivity index (χ1n) is 6.77. The Kier molecular flexibility index (Phi) is 6.33. The van der Waals surface area contributed by atoms with E-state index in [1.807, 2.05) is 35.9 Å². The number of fused-ring (bicyclic) bond motifs is 1. The number of halogens is 4. The van der Waals surface area contributed by atoms with Crippen molar-refractivity contribution in [1.29, 1.82) is 0 Å². The molecule has 1 fully saturated rings. The van der Waals surface area contributed by atoms with Gasteiger partial charge in [0, 0.05) is 18.8 Å². The minimum atomic E-state index is -2.80. The third-order valence-electron chi connectivity index (χ3n) is 3.60. The van der Waals surface area contributed by atoms with E-state index in [-0.39, 0.29) is 31.4 Å². The molecule has 2 aromatic heterocycles. The second-order valence-electron chi connectivity index (χ2n) is 5.37. The van der Waals surface area contributed by atoms with Crippen LogP contribution in [0.25, 0.3) is 5.65 Å². The Hall–Kier alpha value is -1.44. The molecule has 23 heavy (non-hydrogen) atoms. The van der Waals surface area contributed by atoms with Crippen LogP contribution in [0.1, 0.15) is 17.7 Å². The highest BCUT2D eigenvalue weighted by atomic mass is 35.5. The van der Waals surface area contributed by atoms with Crippen molar-refractivity contribution < 1.29 is 13.6 Å². The monoisotopic (exact) mass is 366 g/mol. The molecule has 0 saturated carbocycles. The van der Waals surface area contributed by atoms with Crippen molar-refractivity contribution in [2.45, 2.75) is 31.9 Å². The number of carbonyl (C=O) groups excluding carboxylic acids is 1. The summed E-state index contributed by atoms with van der Waals surface area (Å²) in [6, 6.07) is 3.03. The molecular formula is C14H18Cl2F2N4O. The Morgan fingerprint density at radius 3 is 2.87 bits per heavy atom. The first kappa shape index (κ1) is 19.6. The number of nitrogens with zero attached hydrogens (tertiary/aromatic N) is 2. The molecule has 128 valence electrons. The largest absolute Gasteiger partial charge is 0.349 e. The Balaban J connectivity index is 0.00000132. The molecule has 0 aromatic carbocycles. The number of pyridine rings is 1. The first-order chi connectivity index (χ1) is 9.94. The molecule has 1 unspecified atom stereocenters. The summed E-state index contributed by atoms with van der Waals surface area (Å²) in [4.78, 5) is 16.3. The van der Waals surface area contributed by atoms with Gasteiger partial charge in [0.2, 0.25) is 5.91 Å². The van der Waals surface area contributed by atoms with Crippen LogP contribution >= 0.6 is 24.8 Å². The molecule has 0 spiro atoms. The molecule has 3 heterocycles. The van der Waals surface area contributed by atoms with E-state index in [1.165, 1.54) is 0 Å². The lowest BCUT2D eigenvalue weighted by Crippen LogP contribution is -2.40. The third-order valence-corrected chi connectivity index (χ3v) is 3.60. The number of amides is 1. The molecule has 2 N–H and O–H groups in total. The van der Waals surface area contributed by atoms with Gasteiger partial charge in [0.15, 0.2) is 0 Å². The Bertz CT molecular complexity index is 692. The van der Waals surface area contributed by atoms with Gasteiger partial charge in [-0.15, -0.1) is 24.8 Å². The zero-order valence-electron chi connectivity index (χ0n) is 12.4. The molecule has 3 rings (SSSR count). The lowest BCUT2D eigenvalue weighted by Gasteiger charge is -2.10. The summed E-state index contributed by atoms with van der Waals surface area (Å²) < 4.78 is 28.0. The average Bonchev–Trinajstić information content (AvgIpc) is 3.00. The fourth-order valence-corrected chi connectivity index (χ4v) is 2.49. The molecule has 1 aliphatic rings. The molecule has 0 aliphatic carbocycles. The molecular weight excluding hydrogens is 349 g/mol. The number of imidazole rings is 1. The maximum absolute atomic E-state index is 13.0. The smallest absolute Gasteiger partial charge is 0.262 e. The number of hydrogen-bond acceptors (Lipinski definition) is 3. The number of aromatic nitrogens is 2. The summed E-state index contributed by atoms with van der Waals surface area (Å²) in [5.41, 5.74) is 2.56. The highest BCUT2D eigenvalue weighted by Gasteiger charge is 2.42. The molecule has 1 saturated heterocycles. The highest BCUT2D eigenvalue weighted by molar-refractivity contribution is 5.85. The van der Waals surface area contributed by atoms with E-state index >= 15 is 0 Å². The van der Waals surface area contributed by atoms with Crippen molar-refractivity contribution in [3.8, 4) is 0 Å². The first-order valence-corrected chi connectivity index (χ1v) is 6.77. The van der Waals surface area contributed by atoms with E-state index in [1.54, 1.807) is 0 Å². The maximum atomic E-state index is 13.0. The highest BCUT2D eigenvalue weighted by Crippen LogP contribution is 2.25. The normalized spacial score (nSPS) is 19.0. The van der Waals surface area contributed by atoms with Gasteiger partial charge in [0.1, 0.15) is 5.65 Å². The molecule has 1 atom stereocenters. The summed E-state index contributed by atoms with van der Waals surface area (Å²) in [7, 11) is 0. The predicted molar refractivity (Wildman–Crippen MR) is 87.6 cm³/mol. The van der Waals surface area contributed by atoms with Crippen molar-refractivity contribution in [3.05, 3.63) is 35.8 Å². The minimum absolute atomic E-state index is 0. The average molecular weight is 367 g/mol. The van der Waals surface area contributed by atoms with Gasteiger partial charge < -0.3 is 9.72 Å². The van der Waals surface area contributed by atoms with Crippen LogP contribution in [0.2, 0.25) is 0 Å². The van der Waals surface area contributed by atoms with Crippen LogP contribution in [-0.2, 0) is 11.3 Å². The second kappa shape index (κ2) is 7.42. The lowest BCUT2D eigenvalue weighted by atomic mass is 10.2. The predicted octanol–water partition coefficient (Wildman–Crippen LogP) is 2.10. The van der Waals surface area contributed by atoms with Gasteiger partial charge in [-0.25, -0.2) is 13.8 Å². The number of hydrogen-bond donors (Lipinski definition) is 2. The van der Waals surface area contributed by atoms with Gasteiger partial charge >= 0.3 is 0 Å². The van der Waals surface area contributed by atoms with Crippen molar-refractivity contribution in [2.75, 3.05) is 6.54 Å². The number of alkyl halides is 2. The Morgan fingerprint density at radius 2 is 2.26 bits per heavy atom. The SMILES string of the molecule is Cc1cccn2cc(CNC(=O)C3CC(F)(F)CN3)nc12.Cl.Cl. The van der Waals surface area contributed by atoms with E-state index in [4.69, 9.17) is 0 Å². The van der Waals surface area contributed by atoms with E-state index in [9.17, 15) is 13.6 Å². The quantitative estimate of drug-likeness (QED) is 0.874. The third kappa shape index (κ3) is 4.31. The maximum Gasteiger partial charge on any atom is 0.262 e. The summed E-state index contributed by atoms with van der Waals surface area (Å²) >= 11 is 0. The molecule has 1 amide bonds. The van der Waals surface area contributed by atoms with Crippen molar-refractivity contribution >= 4 is 36.4 Å². The van der Waals surface area contributed by atoms with Crippen molar-refractivity contribution in [2.24, 2.45) is 0 Å². The number of rotatable bonds is 3. The Morgan fingerprint density at radius 1 is 1.52 bits per heavy atom. The van der Waals surface area contributed by atoms with Gasteiger partial charge in [-0.3, -0.25) is 10.1 Å². The standard InChI is InChI=1S/C14H16F2N4O.2ClH/c1-9-3-2-4-20-7-10(19-12(9)20)6-17-13(21)11-5-14(15,16)8-18-11;;/h2-4,7,11,18H,5-6,8H2,1H3,(H,17,21);2*1H. The number of nitrogens with one attached hydrogen (secondary N) is 2. The zero-order chi connectivity index (χ0) is 15.0. The fraction of sp³-hybridized carbons (Fsp3) is 0.429. The van der Waals surface area contributed by atoms with Crippen LogP contribution in [0.15, 0.2) is 24.5 Å². The minimum Gasteiger partial charge on any atom is -0.349 e. The van der Waals surface area contributed by atoms with Crippen LogP contribution in [0, 0.1) is 6.92 Å². The van der Waals surface area contributed by atoms with E-state index in [0.717, 1.165) is 11.2 Å². The molecule has 5 nitrogen and oxygen atoms in total. The Labute approximate surface area is 144 Å². The summed E-state index contributed by atoms with van der Waals surface area (Å²) in [5.74, 6) is -3.22. The van der Waals surface area contributed by atoms with Gasteiger partial charge in [-0.05, 0) is 18.6 Å². The van der Waals surface area contributed by atoms with Gasteiger partial charge in [-0.2, -0.15) is 0 Å². The molecule has 2 aromatic rings. The van der Waals surface area contributed by atoms with Crippen molar-refractivity contribution in [3.63, 3.8) is 0 Å². The van der Waals surface area contributed by atoms with Gasteiger partial charge in [-0.1, -0.05) is 6.07 Å². The fourth-order valence-electron chi connectivity index (χ4n) is 2.49. The van der Waals surface area contributed by atoms with E-state index in [2.05, 4.69) is 15.6 Å². The summed E-state index contributed by atoms with van der Waals surface area (Å²) in [6.07, 6.45) is 3.24. The van der Waals surface area contributed by atoms with Crippen molar-refractivity contribution in [1.82, 2.24) is 20.0 Å².